The number of thiazole rings is 1. The van der Waals surface area contributed by atoms with Gasteiger partial charge in [0.05, 0.1) is 9.60 Å². The van der Waals surface area contributed by atoms with Crippen LogP contribution in [-0.4, -0.2) is 63.5 Å². The van der Waals surface area contributed by atoms with Gasteiger partial charge in [-0.05, 0) is 54.6 Å². The highest BCUT2D eigenvalue weighted by Gasteiger charge is 2.21. The summed E-state index contributed by atoms with van der Waals surface area (Å²) in [7, 11) is -3.88. The lowest BCUT2D eigenvalue weighted by atomic mass is 10.2. The quantitative estimate of drug-likeness (QED) is 0.305. The molecule has 1 aromatic heterocycles. The van der Waals surface area contributed by atoms with E-state index in [1.165, 1.54) is 53.8 Å². The molecule has 2 heterocycles. The van der Waals surface area contributed by atoms with E-state index in [0.717, 1.165) is 31.3 Å². The number of aromatic nitrogens is 1. The highest BCUT2D eigenvalue weighted by molar-refractivity contribution is 7.92. The monoisotopic (exact) mass is 611 g/mol. The number of nitrogens with one attached hydrogen (secondary N) is 2. The molecule has 5 rings (SSSR count). The molecule has 2 N–H and O–H groups in total. The number of piperazine rings is 1. The van der Waals surface area contributed by atoms with E-state index in [1.807, 2.05) is 4.90 Å². The van der Waals surface area contributed by atoms with Gasteiger partial charge in [0, 0.05) is 56.6 Å². The SMILES string of the molecule is Cl.O=C(NCCN1CCN(c2nc3c(F)cc(F)cc3s2)CC1)c1ccc(NS(=O)(=O)c2ccc(F)cc2)cc1. The topological polar surface area (TPSA) is 94.6 Å². The average molecular weight is 612 g/mol. The Morgan fingerprint density at radius 3 is 2.27 bits per heavy atom. The van der Waals surface area contributed by atoms with Gasteiger partial charge >= 0.3 is 0 Å². The molecule has 40 heavy (non-hydrogen) atoms. The largest absolute Gasteiger partial charge is 0.351 e. The van der Waals surface area contributed by atoms with E-state index in [-0.39, 0.29) is 34.4 Å². The van der Waals surface area contributed by atoms with Crippen molar-refractivity contribution in [1.82, 2.24) is 15.2 Å². The number of hydrogen-bond acceptors (Lipinski definition) is 7. The molecule has 0 spiro atoms. The lowest BCUT2D eigenvalue weighted by Crippen LogP contribution is -2.48. The zero-order valence-electron chi connectivity index (χ0n) is 20.9. The first-order valence-electron chi connectivity index (χ1n) is 12.1. The first kappa shape index (κ1) is 29.6. The van der Waals surface area contributed by atoms with Crippen LogP contribution in [0.25, 0.3) is 10.2 Å². The molecule has 0 radical (unpaired) electrons. The van der Waals surface area contributed by atoms with Crippen molar-refractivity contribution >= 4 is 60.7 Å². The molecular weight excluding hydrogens is 587 g/mol. The Labute approximate surface area is 239 Å². The molecule has 1 fully saturated rings. The summed E-state index contributed by atoms with van der Waals surface area (Å²) in [6, 6.07) is 12.6. The molecule has 0 unspecified atom stereocenters. The number of sulfonamides is 1. The zero-order chi connectivity index (χ0) is 27.6. The molecule has 4 aromatic rings. The Morgan fingerprint density at radius 1 is 0.925 bits per heavy atom. The van der Waals surface area contributed by atoms with E-state index < -0.39 is 27.5 Å². The summed E-state index contributed by atoms with van der Waals surface area (Å²) < 4.78 is 68.3. The van der Waals surface area contributed by atoms with Crippen LogP contribution in [-0.2, 0) is 10.0 Å². The minimum absolute atomic E-state index is 0. The summed E-state index contributed by atoms with van der Waals surface area (Å²) in [4.78, 5) is 21.0. The molecular formula is C26H25ClF3N5O3S2. The molecule has 8 nitrogen and oxygen atoms in total. The van der Waals surface area contributed by atoms with Crippen molar-refractivity contribution in [2.24, 2.45) is 0 Å². The van der Waals surface area contributed by atoms with Crippen LogP contribution in [0, 0.1) is 17.5 Å². The van der Waals surface area contributed by atoms with Gasteiger partial charge < -0.3 is 10.2 Å². The summed E-state index contributed by atoms with van der Waals surface area (Å²) in [6.07, 6.45) is 0. The number of carbonyl (C=O) groups is 1. The van der Waals surface area contributed by atoms with Gasteiger partial charge in [0.1, 0.15) is 17.2 Å². The summed E-state index contributed by atoms with van der Waals surface area (Å²) in [5.74, 6) is -2.11. The predicted molar refractivity (Wildman–Crippen MR) is 151 cm³/mol. The number of hydrogen-bond donors (Lipinski definition) is 2. The molecule has 14 heteroatoms. The van der Waals surface area contributed by atoms with Gasteiger partial charge in [-0.1, -0.05) is 11.3 Å². The van der Waals surface area contributed by atoms with Crippen LogP contribution < -0.4 is 14.9 Å². The van der Waals surface area contributed by atoms with Crippen molar-refractivity contribution in [3.05, 3.63) is 83.7 Å². The Balaban J connectivity index is 0.00000370. The Hall–Kier alpha value is -3.39. The second-order valence-electron chi connectivity index (χ2n) is 8.95. The van der Waals surface area contributed by atoms with Gasteiger partial charge in [-0.2, -0.15) is 0 Å². The van der Waals surface area contributed by atoms with E-state index in [0.29, 0.717) is 41.6 Å². The fourth-order valence-electron chi connectivity index (χ4n) is 4.19. The summed E-state index contributed by atoms with van der Waals surface area (Å²) in [6.45, 7) is 3.86. The third-order valence-electron chi connectivity index (χ3n) is 6.28. The van der Waals surface area contributed by atoms with Gasteiger partial charge in [-0.15, -0.1) is 12.4 Å². The maximum Gasteiger partial charge on any atom is 0.261 e. The second kappa shape index (κ2) is 12.4. The number of rotatable bonds is 8. The lowest BCUT2D eigenvalue weighted by Gasteiger charge is -2.34. The fourth-order valence-corrected chi connectivity index (χ4v) is 6.31. The molecule has 0 bridgehead atoms. The highest BCUT2D eigenvalue weighted by Crippen LogP contribution is 2.31. The number of anilines is 2. The number of benzene rings is 3. The van der Waals surface area contributed by atoms with Crippen molar-refractivity contribution in [3.63, 3.8) is 0 Å². The van der Waals surface area contributed by atoms with Crippen LogP contribution in [0.3, 0.4) is 0 Å². The van der Waals surface area contributed by atoms with Crippen LogP contribution >= 0.6 is 23.7 Å². The predicted octanol–water partition coefficient (Wildman–Crippen LogP) is 4.49. The van der Waals surface area contributed by atoms with Crippen LogP contribution in [0.2, 0.25) is 0 Å². The summed E-state index contributed by atoms with van der Waals surface area (Å²) >= 11 is 1.26. The van der Waals surface area contributed by atoms with Crippen LogP contribution in [0.4, 0.5) is 24.0 Å². The first-order valence-corrected chi connectivity index (χ1v) is 14.4. The molecule has 1 aliphatic rings. The van der Waals surface area contributed by atoms with Gasteiger partial charge in [-0.25, -0.2) is 26.6 Å². The van der Waals surface area contributed by atoms with Crippen molar-refractivity contribution in [3.8, 4) is 0 Å². The zero-order valence-corrected chi connectivity index (χ0v) is 23.4. The van der Waals surface area contributed by atoms with Crippen molar-refractivity contribution in [1.29, 1.82) is 0 Å². The van der Waals surface area contributed by atoms with Crippen molar-refractivity contribution < 1.29 is 26.4 Å². The first-order chi connectivity index (χ1) is 18.7. The molecule has 3 aromatic carbocycles. The standard InChI is InChI=1S/C26H24F3N5O3S2.ClH/c27-18-3-7-21(8-4-18)39(36,37)32-20-5-1-17(2-6-20)25(35)30-9-10-33-11-13-34(14-12-33)26-31-24-22(29)15-19(28)16-23(24)38-26;/h1-8,15-16,32H,9-14H2,(H,30,35);1H. The summed E-state index contributed by atoms with van der Waals surface area (Å²) in [5, 5.41) is 3.52. The molecule has 0 atom stereocenters. The smallest absolute Gasteiger partial charge is 0.261 e. The van der Waals surface area contributed by atoms with Crippen LogP contribution in [0.1, 0.15) is 10.4 Å². The molecule has 0 aliphatic carbocycles. The molecule has 1 saturated heterocycles. The number of halogens is 4. The Kier molecular flexibility index (Phi) is 9.19. The van der Waals surface area contributed by atoms with Crippen molar-refractivity contribution in [2.75, 3.05) is 48.9 Å². The second-order valence-corrected chi connectivity index (χ2v) is 11.6. The maximum absolute atomic E-state index is 14.0. The average Bonchev–Trinajstić information content (AvgIpc) is 3.34. The number of carbonyl (C=O) groups excluding carboxylic acids is 1. The molecule has 1 amide bonds. The van der Waals surface area contributed by atoms with Crippen LogP contribution in [0.15, 0.2) is 65.6 Å². The van der Waals surface area contributed by atoms with Gasteiger partial charge in [0.2, 0.25) is 0 Å². The third kappa shape index (κ3) is 6.84. The molecule has 212 valence electrons. The minimum atomic E-state index is -3.88. The third-order valence-corrected chi connectivity index (χ3v) is 8.74. The lowest BCUT2D eigenvalue weighted by molar-refractivity contribution is 0.0947. The van der Waals surface area contributed by atoms with E-state index in [9.17, 15) is 26.4 Å². The number of nitrogens with zero attached hydrogens (tertiary/aromatic N) is 3. The number of amides is 1. The van der Waals surface area contributed by atoms with Gasteiger partial charge in [0.25, 0.3) is 15.9 Å². The highest BCUT2D eigenvalue weighted by atomic mass is 35.5. The Morgan fingerprint density at radius 2 is 1.60 bits per heavy atom. The van der Waals surface area contributed by atoms with E-state index in [1.54, 1.807) is 0 Å². The normalized spacial score (nSPS) is 14.1. The Bertz CT molecular complexity index is 1590. The fraction of sp³-hybridized carbons (Fsp3) is 0.231. The van der Waals surface area contributed by atoms with E-state index in [4.69, 9.17) is 0 Å². The summed E-state index contributed by atoms with van der Waals surface area (Å²) in [5.41, 5.74) is 0.832. The minimum Gasteiger partial charge on any atom is -0.351 e. The van der Waals surface area contributed by atoms with E-state index >= 15 is 0 Å². The maximum atomic E-state index is 14.0. The van der Waals surface area contributed by atoms with Crippen LogP contribution in [0.5, 0.6) is 0 Å². The van der Waals surface area contributed by atoms with E-state index in [2.05, 4.69) is 19.9 Å². The molecule has 0 saturated carbocycles. The van der Waals surface area contributed by atoms with Crippen molar-refractivity contribution in [2.45, 2.75) is 4.90 Å². The van der Waals surface area contributed by atoms with Gasteiger partial charge in [-0.3, -0.25) is 14.4 Å². The van der Waals surface area contributed by atoms with Gasteiger partial charge in [0.15, 0.2) is 10.9 Å². The number of fused-ring (bicyclic) bond motifs is 1. The molecule has 1 aliphatic heterocycles.